The van der Waals surface area contributed by atoms with Crippen LogP contribution in [0.15, 0.2) is 0 Å². The van der Waals surface area contributed by atoms with Gasteiger partial charge in [0, 0.05) is 0 Å². The van der Waals surface area contributed by atoms with Gasteiger partial charge in [-0.25, -0.2) is 16.8 Å². The standard InChI is InChI=1S/2C32H66O4S.Ca/c2*1-3-5-7-9-11-13-15-16-17-18-20-22-24-26-28-30-32(31-36-37(33,34)35)29-27-25-23-21-19-14-12-10-8-6-4-2;/h2*32H,3-31H2,1-2H3,(H,33,34,35);/q;;+2/p-2. The van der Waals surface area contributed by atoms with Crippen LogP contribution in [0.5, 0.6) is 0 Å². The minimum atomic E-state index is -4.58. The van der Waals surface area contributed by atoms with Crippen molar-refractivity contribution in [2.75, 3.05) is 13.2 Å². The Kier molecular flexibility index (Phi) is 70.4. The van der Waals surface area contributed by atoms with Gasteiger partial charge < -0.3 is 9.11 Å². The van der Waals surface area contributed by atoms with Crippen LogP contribution in [0.3, 0.4) is 0 Å². The molecule has 448 valence electrons. The Hall–Kier alpha value is 1.000. The first-order chi connectivity index (χ1) is 36.0. The molecule has 2 atom stereocenters. The zero-order valence-electron chi connectivity index (χ0n) is 51.0. The van der Waals surface area contributed by atoms with E-state index in [0.29, 0.717) is 0 Å². The Bertz CT molecular complexity index is 1170. The molecule has 0 aliphatic heterocycles. The SMILES string of the molecule is CCCCCCCCCCCCCCCCCC(CCCCCCCCCCCCC)COS(=O)(=O)[O-].CCCCCCCCCCCCCCCCCC(CCCCCCCCCCCCC)COS(=O)(=O)[O-].[Ca+2]. The van der Waals surface area contributed by atoms with Crippen molar-refractivity contribution in [1.29, 1.82) is 0 Å². The van der Waals surface area contributed by atoms with Gasteiger partial charge in [-0.15, -0.1) is 0 Å². The van der Waals surface area contributed by atoms with Crippen LogP contribution in [0.1, 0.15) is 387 Å². The normalized spacial score (nSPS) is 12.7. The summed E-state index contributed by atoms with van der Waals surface area (Å²) in [6, 6.07) is 0. The topological polar surface area (TPSA) is 133 Å². The fourth-order valence-corrected chi connectivity index (χ4v) is 11.5. The third kappa shape index (κ3) is 75.0. The first kappa shape index (κ1) is 80.2. The van der Waals surface area contributed by atoms with Crippen LogP contribution in [-0.4, -0.2) is 76.9 Å². The number of hydrogen-bond acceptors (Lipinski definition) is 8. The molecule has 0 rings (SSSR count). The van der Waals surface area contributed by atoms with Crippen LogP contribution in [0.25, 0.3) is 0 Å². The summed E-state index contributed by atoms with van der Waals surface area (Å²) in [6.45, 7) is 9.22. The molecule has 0 heterocycles. The van der Waals surface area contributed by atoms with Crippen molar-refractivity contribution in [3.8, 4) is 0 Å². The monoisotopic (exact) mass is 1130 g/mol. The van der Waals surface area contributed by atoms with E-state index in [0.717, 1.165) is 51.4 Å². The van der Waals surface area contributed by atoms with E-state index in [1.54, 1.807) is 0 Å². The van der Waals surface area contributed by atoms with Gasteiger partial charge in [0.25, 0.3) is 0 Å². The number of unbranched alkanes of at least 4 members (excludes halogenated alkanes) is 48. The summed E-state index contributed by atoms with van der Waals surface area (Å²) in [7, 11) is -9.17. The summed E-state index contributed by atoms with van der Waals surface area (Å²) in [5.41, 5.74) is 0. The molecule has 75 heavy (non-hydrogen) atoms. The molecule has 0 N–H and O–H groups in total. The zero-order chi connectivity index (χ0) is 54.6. The molecule has 0 aromatic heterocycles. The molecule has 0 saturated heterocycles. The van der Waals surface area contributed by atoms with E-state index in [2.05, 4.69) is 36.1 Å². The summed E-state index contributed by atoms with van der Waals surface area (Å²) >= 11 is 0. The minimum Gasteiger partial charge on any atom is -0.726 e. The Morgan fingerprint density at radius 2 is 0.360 bits per heavy atom. The van der Waals surface area contributed by atoms with Crippen LogP contribution in [0.4, 0.5) is 0 Å². The average Bonchev–Trinajstić information content (AvgIpc) is 3.37. The predicted molar refractivity (Wildman–Crippen MR) is 325 cm³/mol. The molecule has 0 bridgehead atoms. The molecular formula is C64H130CaO8S2. The number of rotatable bonds is 62. The van der Waals surface area contributed by atoms with Crippen LogP contribution < -0.4 is 0 Å². The molecule has 0 aromatic carbocycles. The van der Waals surface area contributed by atoms with Crippen molar-refractivity contribution in [2.45, 2.75) is 387 Å². The van der Waals surface area contributed by atoms with E-state index in [1.165, 1.54) is 308 Å². The molecule has 0 radical (unpaired) electrons. The zero-order valence-corrected chi connectivity index (χ0v) is 54.8. The molecule has 11 heteroatoms. The van der Waals surface area contributed by atoms with Crippen molar-refractivity contribution in [3.63, 3.8) is 0 Å². The van der Waals surface area contributed by atoms with Gasteiger partial charge in [0.05, 0.1) is 13.2 Å². The molecule has 0 saturated carbocycles. The van der Waals surface area contributed by atoms with Crippen LogP contribution in [-0.2, 0) is 29.2 Å². The summed E-state index contributed by atoms with van der Waals surface area (Å²) in [6.07, 6.45) is 73.2. The second-order valence-corrected chi connectivity index (χ2v) is 25.3. The molecule has 0 spiro atoms. The van der Waals surface area contributed by atoms with Gasteiger partial charge in [-0.05, 0) is 37.5 Å². The molecular weight excluding hydrogens is 1000 g/mol. The van der Waals surface area contributed by atoms with E-state index in [1.807, 2.05) is 0 Å². The fraction of sp³-hybridized carbons (Fsp3) is 1.00. The third-order valence-corrected chi connectivity index (χ3v) is 16.6. The van der Waals surface area contributed by atoms with Gasteiger partial charge in [-0.2, -0.15) is 0 Å². The maximum absolute atomic E-state index is 10.9. The van der Waals surface area contributed by atoms with Crippen LogP contribution in [0, 0.1) is 11.8 Å². The summed E-state index contributed by atoms with van der Waals surface area (Å²) in [5, 5.41) is 0. The van der Waals surface area contributed by atoms with Crippen molar-refractivity contribution in [3.05, 3.63) is 0 Å². The Morgan fingerprint density at radius 1 is 0.240 bits per heavy atom. The van der Waals surface area contributed by atoms with Gasteiger partial charge in [-0.3, -0.25) is 8.37 Å². The van der Waals surface area contributed by atoms with Gasteiger partial charge in [0.1, 0.15) is 0 Å². The van der Waals surface area contributed by atoms with Crippen molar-refractivity contribution in [2.24, 2.45) is 11.8 Å². The van der Waals surface area contributed by atoms with Crippen molar-refractivity contribution >= 4 is 58.5 Å². The predicted octanol–water partition coefficient (Wildman–Crippen LogP) is 21.7. The Labute approximate surface area is 501 Å². The molecule has 8 nitrogen and oxygen atoms in total. The first-order valence-electron chi connectivity index (χ1n) is 33.2. The quantitative estimate of drug-likeness (QED) is 0.0254. The number of hydrogen-bond donors (Lipinski definition) is 0. The first-order valence-corrected chi connectivity index (χ1v) is 35.9. The largest absolute Gasteiger partial charge is 2.00 e. The van der Waals surface area contributed by atoms with Crippen molar-refractivity contribution in [1.82, 2.24) is 0 Å². The summed E-state index contributed by atoms with van der Waals surface area (Å²) in [5.74, 6) is 0.397. The summed E-state index contributed by atoms with van der Waals surface area (Å²) < 4.78 is 74.8. The van der Waals surface area contributed by atoms with E-state index in [-0.39, 0.29) is 62.8 Å². The van der Waals surface area contributed by atoms with E-state index in [4.69, 9.17) is 0 Å². The second-order valence-electron chi connectivity index (χ2n) is 23.2. The Balaban J connectivity index is -0.00000136. The molecule has 0 aromatic rings. The van der Waals surface area contributed by atoms with E-state index >= 15 is 0 Å². The minimum absolute atomic E-state index is 0. The maximum atomic E-state index is 10.9. The third-order valence-electron chi connectivity index (χ3n) is 15.8. The molecule has 0 amide bonds. The maximum Gasteiger partial charge on any atom is 2.00 e. The van der Waals surface area contributed by atoms with Crippen LogP contribution in [0.2, 0.25) is 0 Å². The second kappa shape index (κ2) is 65.8. The summed E-state index contributed by atoms with van der Waals surface area (Å²) in [4.78, 5) is 0. The molecule has 0 aliphatic rings. The Morgan fingerprint density at radius 3 is 0.480 bits per heavy atom. The van der Waals surface area contributed by atoms with Gasteiger partial charge in [0.15, 0.2) is 0 Å². The van der Waals surface area contributed by atoms with E-state index in [9.17, 15) is 25.9 Å². The van der Waals surface area contributed by atoms with E-state index < -0.39 is 20.8 Å². The molecule has 2 unspecified atom stereocenters. The average molecular weight is 1130 g/mol. The van der Waals surface area contributed by atoms with Crippen molar-refractivity contribution < 1.29 is 34.3 Å². The van der Waals surface area contributed by atoms with Gasteiger partial charge >= 0.3 is 37.7 Å². The fourth-order valence-electron chi connectivity index (χ4n) is 10.8. The van der Waals surface area contributed by atoms with Crippen LogP contribution >= 0.6 is 0 Å². The molecule has 0 aliphatic carbocycles. The van der Waals surface area contributed by atoms with Gasteiger partial charge in [0.2, 0.25) is 20.8 Å². The smallest absolute Gasteiger partial charge is 0.726 e. The van der Waals surface area contributed by atoms with Gasteiger partial charge in [-0.1, -0.05) is 362 Å². The molecule has 0 fully saturated rings.